The zero-order valence-electron chi connectivity index (χ0n) is 23.4. The Hall–Kier alpha value is -5.15. The zero-order valence-corrected chi connectivity index (χ0v) is 24.1. The van der Waals surface area contributed by atoms with Gasteiger partial charge in [-0.05, 0) is 53.9 Å². The van der Waals surface area contributed by atoms with Crippen LogP contribution < -0.4 is 21.0 Å². The molecule has 0 aliphatic carbocycles. The van der Waals surface area contributed by atoms with E-state index >= 15 is 0 Å². The summed E-state index contributed by atoms with van der Waals surface area (Å²) in [5, 5.41) is 9.41. The molecule has 0 spiro atoms. The molecule has 0 bridgehead atoms. The van der Waals surface area contributed by atoms with Crippen LogP contribution in [0.15, 0.2) is 113 Å². The fraction of sp³-hybridized carbons (Fsp3) is 0.152. The molecule has 0 unspecified atom stereocenters. The number of aromatic carboxylic acids is 1. The van der Waals surface area contributed by atoms with Crippen LogP contribution in [0.25, 0.3) is 5.69 Å². The molecule has 4 aromatic carbocycles. The maximum Gasteiger partial charge on any atom is 0.355 e. The second-order valence-corrected chi connectivity index (χ2v) is 10.2. The molecule has 43 heavy (non-hydrogen) atoms. The lowest BCUT2D eigenvalue weighted by Gasteiger charge is -2.25. The minimum atomic E-state index is -1.19. The van der Waals surface area contributed by atoms with Gasteiger partial charge in [0.25, 0.3) is 0 Å². The highest BCUT2D eigenvalue weighted by atomic mass is 35.5. The van der Waals surface area contributed by atoms with Crippen molar-refractivity contribution in [3.05, 3.63) is 151 Å². The van der Waals surface area contributed by atoms with Crippen molar-refractivity contribution in [3.63, 3.8) is 0 Å². The highest BCUT2D eigenvalue weighted by molar-refractivity contribution is 6.33. The topological polar surface area (TPSA) is 107 Å². The Morgan fingerprint density at radius 3 is 2.14 bits per heavy atom. The quantitative estimate of drug-likeness (QED) is 0.218. The van der Waals surface area contributed by atoms with Crippen LogP contribution in [-0.4, -0.2) is 31.7 Å². The van der Waals surface area contributed by atoms with Gasteiger partial charge in [0.05, 0.1) is 22.8 Å². The molecule has 0 radical (unpaired) electrons. The van der Waals surface area contributed by atoms with E-state index in [1.807, 2.05) is 67.6 Å². The number of nitrogens with zero attached hydrogens (tertiary/aromatic N) is 4. The third kappa shape index (κ3) is 6.85. The third-order valence-corrected chi connectivity index (χ3v) is 7.20. The van der Waals surface area contributed by atoms with Crippen molar-refractivity contribution in [2.75, 3.05) is 11.4 Å². The van der Waals surface area contributed by atoms with Crippen molar-refractivity contribution in [2.45, 2.75) is 26.6 Å². The van der Waals surface area contributed by atoms with E-state index in [-0.39, 0.29) is 28.8 Å². The SMILES string of the molecule is CCN(Cc1ccccc1)c1nc(=O)n(Cc2ccc(OCc3ccccc3)cc2)c(=O)n1-c1ccc(C(=O)O)c(Cl)c1. The summed E-state index contributed by atoms with van der Waals surface area (Å²) in [6.45, 7) is 3.10. The predicted molar refractivity (Wildman–Crippen MR) is 166 cm³/mol. The smallest absolute Gasteiger partial charge is 0.355 e. The first-order valence-corrected chi connectivity index (χ1v) is 14.0. The van der Waals surface area contributed by atoms with E-state index in [0.717, 1.165) is 15.7 Å². The van der Waals surface area contributed by atoms with Crippen molar-refractivity contribution < 1.29 is 14.6 Å². The van der Waals surface area contributed by atoms with Gasteiger partial charge in [0.1, 0.15) is 12.4 Å². The first-order valence-electron chi connectivity index (χ1n) is 13.7. The standard InChI is InChI=1S/C33H29ClN4O5/c1-2-36(20-23-9-5-3-6-10-23)31-35-32(41)37(33(42)38(31)26-15-18-28(30(39)40)29(34)19-26)21-24-13-16-27(17-14-24)43-22-25-11-7-4-8-12-25/h3-19H,2,20-22H2,1H3,(H,39,40). The molecule has 10 heteroatoms. The van der Waals surface area contributed by atoms with Gasteiger partial charge >= 0.3 is 17.3 Å². The molecule has 0 aliphatic rings. The highest BCUT2D eigenvalue weighted by Crippen LogP contribution is 2.23. The molecule has 1 heterocycles. The van der Waals surface area contributed by atoms with Gasteiger partial charge in [0.2, 0.25) is 5.95 Å². The molecule has 1 aromatic heterocycles. The first kappa shape index (κ1) is 29.3. The van der Waals surface area contributed by atoms with Crippen LogP contribution in [0.1, 0.15) is 34.0 Å². The fourth-order valence-electron chi connectivity index (χ4n) is 4.62. The summed E-state index contributed by atoms with van der Waals surface area (Å²) in [5.41, 5.74) is 1.53. The molecule has 9 nitrogen and oxygen atoms in total. The molecule has 0 aliphatic heterocycles. The number of carboxylic acid groups (broad SMARTS) is 1. The average Bonchev–Trinajstić information content (AvgIpc) is 3.02. The van der Waals surface area contributed by atoms with E-state index in [1.54, 1.807) is 29.2 Å². The van der Waals surface area contributed by atoms with Crippen LogP contribution in [0.5, 0.6) is 5.75 Å². The van der Waals surface area contributed by atoms with Crippen LogP contribution in [0.2, 0.25) is 5.02 Å². The van der Waals surface area contributed by atoms with E-state index in [0.29, 0.717) is 31.0 Å². The second-order valence-electron chi connectivity index (χ2n) is 9.79. The number of aromatic nitrogens is 3. The normalized spacial score (nSPS) is 10.8. The van der Waals surface area contributed by atoms with Crippen molar-refractivity contribution in [3.8, 4) is 11.4 Å². The van der Waals surface area contributed by atoms with Gasteiger partial charge in [-0.3, -0.25) is 0 Å². The monoisotopic (exact) mass is 596 g/mol. The molecule has 5 aromatic rings. The van der Waals surface area contributed by atoms with Gasteiger partial charge in [-0.25, -0.2) is 23.5 Å². The van der Waals surface area contributed by atoms with Crippen molar-refractivity contribution in [2.24, 2.45) is 0 Å². The second kappa shape index (κ2) is 13.2. The van der Waals surface area contributed by atoms with Gasteiger partial charge in [-0.15, -0.1) is 0 Å². The number of carbonyl (C=O) groups is 1. The number of rotatable bonds is 11. The molecule has 0 fully saturated rings. The summed E-state index contributed by atoms with van der Waals surface area (Å²) >= 11 is 6.29. The number of ether oxygens (including phenoxy) is 1. The van der Waals surface area contributed by atoms with Crippen LogP contribution in [0.4, 0.5) is 5.95 Å². The van der Waals surface area contributed by atoms with Gasteiger partial charge in [-0.1, -0.05) is 84.4 Å². The molecular formula is C33H29ClN4O5. The van der Waals surface area contributed by atoms with Gasteiger partial charge in [0, 0.05) is 13.1 Å². The van der Waals surface area contributed by atoms with Gasteiger partial charge in [0.15, 0.2) is 0 Å². The lowest BCUT2D eigenvalue weighted by Crippen LogP contribution is -2.44. The maximum atomic E-state index is 14.0. The van der Waals surface area contributed by atoms with Gasteiger partial charge in [-0.2, -0.15) is 4.98 Å². The average molecular weight is 597 g/mol. The molecule has 0 saturated heterocycles. The molecule has 1 N–H and O–H groups in total. The zero-order chi connectivity index (χ0) is 30.3. The first-order chi connectivity index (χ1) is 20.8. The summed E-state index contributed by atoms with van der Waals surface area (Å²) in [7, 11) is 0. The number of hydrogen-bond acceptors (Lipinski definition) is 6. The van der Waals surface area contributed by atoms with E-state index in [9.17, 15) is 19.5 Å². The molecule has 218 valence electrons. The van der Waals surface area contributed by atoms with Crippen LogP contribution in [0, 0.1) is 0 Å². The number of hydrogen-bond donors (Lipinski definition) is 1. The van der Waals surface area contributed by atoms with Gasteiger partial charge < -0.3 is 14.7 Å². The van der Waals surface area contributed by atoms with E-state index in [4.69, 9.17) is 16.3 Å². The Morgan fingerprint density at radius 2 is 1.53 bits per heavy atom. The van der Waals surface area contributed by atoms with Crippen molar-refractivity contribution >= 4 is 23.5 Å². The van der Waals surface area contributed by atoms with Crippen molar-refractivity contribution in [1.82, 2.24) is 14.1 Å². The molecule has 0 atom stereocenters. The maximum absolute atomic E-state index is 14.0. The summed E-state index contributed by atoms with van der Waals surface area (Å²) in [6.07, 6.45) is 0. The number of anilines is 1. The number of carboxylic acids is 1. The summed E-state index contributed by atoms with van der Waals surface area (Å²) in [4.78, 5) is 45.1. The lowest BCUT2D eigenvalue weighted by atomic mass is 10.2. The Labute approximate surface area is 252 Å². The minimum Gasteiger partial charge on any atom is -0.489 e. The van der Waals surface area contributed by atoms with Crippen molar-refractivity contribution in [1.29, 1.82) is 0 Å². The molecule has 0 saturated carbocycles. The molecular weight excluding hydrogens is 568 g/mol. The Morgan fingerprint density at radius 1 is 0.884 bits per heavy atom. The lowest BCUT2D eigenvalue weighted by molar-refractivity contribution is 0.0697. The molecule has 5 rings (SSSR count). The largest absolute Gasteiger partial charge is 0.489 e. The number of halogens is 1. The predicted octanol–water partition coefficient (Wildman–Crippen LogP) is 5.40. The third-order valence-electron chi connectivity index (χ3n) is 6.88. The highest BCUT2D eigenvalue weighted by Gasteiger charge is 2.21. The summed E-state index contributed by atoms with van der Waals surface area (Å²) in [5.74, 6) is -0.414. The summed E-state index contributed by atoms with van der Waals surface area (Å²) in [6, 6.07) is 30.7. The van der Waals surface area contributed by atoms with Crippen LogP contribution in [-0.2, 0) is 19.7 Å². The Bertz CT molecular complexity index is 1840. The fourth-order valence-corrected chi connectivity index (χ4v) is 4.87. The number of benzene rings is 4. The van der Waals surface area contributed by atoms with Crippen LogP contribution in [0.3, 0.4) is 0 Å². The summed E-state index contributed by atoms with van der Waals surface area (Å²) < 4.78 is 8.19. The Kier molecular flexibility index (Phi) is 9.02. The molecule has 0 amide bonds. The van der Waals surface area contributed by atoms with E-state index < -0.39 is 17.3 Å². The van der Waals surface area contributed by atoms with E-state index in [1.165, 1.54) is 22.8 Å². The van der Waals surface area contributed by atoms with E-state index in [2.05, 4.69) is 4.98 Å². The Balaban J connectivity index is 1.52. The van der Waals surface area contributed by atoms with Crippen LogP contribution >= 0.6 is 11.6 Å². The minimum absolute atomic E-state index is 0.0321.